The zero-order chi connectivity index (χ0) is 15.8. The molecule has 2 aromatic rings. The summed E-state index contributed by atoms with van der Waals surface area (Å²) in [6, 6.07) is 8.25. The van der Waals surface area contributed by atoms with Gasteiger partial charge in [-0.1, -0.05) is 24.2 Å². The Labute approximate surface area is 131 Å². The van der Waals surface area contributed by atoms with Crippen LogP contribution in [0, 0.1) is 0 Å². The standard InChI is InChI=1S/C17H23N3O2/c1-4-11-21-15-8-5-14(6-9-15)7-10-17-19-16(20-22-17)12-13(2)18-3/h5-10,13,18H,4,11-12H2,1-3H3/b10-7+. The molecule has 0 saturated heterocycles. The number of likely N-dealkylation sites (N-methyl/N-ethyl adjacent to an activating group) is 1. The van der Waals surface area contributed by atoms with Crippen LogP contribution in [0.2, 0.25) is 0 Å². The van der Waals surface area contributed by atoms with Gasteiger partial charge in [0.25, 0.3) is 5.89 Å². The molecule has 0 aliphatic rings. The first-order valence-corrected chi connectivity index (χ1v) is 7.62. The lowest BCUT2D eigenvalue weighted by Gasteiger charge is -2.04. The van der Waals surface area contributed by atoms with Crippen molar-refractivity contribution >= 4 is 12.2 Å². The normalized spacial score (nSPS) is 12.7. The van der Waals surface area contributed by atoms with Gasteiger partial charge in [-0.15, -0.1) is 0 Å². The SMILES string of the molecule is CCCOc1ccc(/C=C/c2nc(CC(C)NC)no2)cc1. The summed E-state index contributed by atoms with van der Waals surface area (Å²) < 4.78 is 10.8. The van der Waals surface area contributed by atoms with Gasteiger partial charge in [0.1, 0.15) is 5.75 Å². The molecule has 1 heterocycles. The van der Waals surface area contributed by atoms with Crippen LogP contribution in [0.5, 0.6) is 5.75 Å². The molecule has 0 fully saturated rings. The minimum Gasteiger partial charge on any atom is -0.494 e. The first-order valence-electron chi connectivity index (χ1n) is 7.62. The second-order valence-electron chi connectivity index (χ2n) is 5.19. The zero-order valence-corrected chi connectivity index (χ0v) is 13.4. The van der Waals surface area contributed by atoms with Gasteiger partial charge in [-0.2, -0.15) is 4.98 Å². The fourth-order valence-electron chi connectivity index (χ4n) is 1.86. The minimum absolute atomic E-state index is 0.324. The topological polar surface area (TPSA) is 60.2 Å². The fourth-order valence-corrected chi connectivity index (χ4v) is 1.86. The lowest BCUT2D eigenvalue weighted by molar-refractivity contribution is 0.317. The second kappa shape index (κ2) is 8.34. The van der Waals surface area contributed by atoms with Crippen LogP contribution >= 0.6 is 0 Å². The summed E-state index contributed by atoms with van der Waals surface area (Å²) in [7, 11) is 1.92. The van der Waals surface area contributed by atoms with Crippen LogP contribution in [0.25, 0.3) is 12.2 Å². The molecule has 5 heteroatoms. The molecule has 1 atom stereocenters. The van der Waals surface area contributed by atoms with E-state index in [9.17, 15) is 0 Å². The van der Waals surface area contributed by atoms with Crippen LogP contribution in [0.15, 0.2) is 28.8 Å². The van der Waals surface area contributed by atoms with Crippen LogP contribution in [0.4, 0.5) is 0 Å². The maximum atomic E-state index is 5.55. The van der Waals surface area contributed by atoms with Gasteiger partial charge in [-0.3, -0.25) is 0 Å². The van der Waals surface area contributed by atoms with Crippen LogP contribution in [0.3, 0.4) is 0 Å². The van der Waals surface area contributed by atoms with E-state index >= 15 is 0 Å². The lowest BCUT2D eigenvalue weighted by Crippen LogP contribution is -2.24. The molecule has 2 rings (SSSR count). The fraction of sp³-hybridized carbons (Fsp3) is 0.412. The van der Waals surface area contributed by atoms with Crippen molar-refractivity contribution in [3.63, 3.8) is 0 Å². The average molecular weight is 301 g/mol. The molecule has 0 saturated carbocycles. The number of rotatable bonds is 8. The Morgan fingerprint density at radius 2 is 2.05 bits per heavy atom. The molecule has 22 heavy (non-hydrogen) atoms. The first-order chi connectivity index (χ1) is 10.7. The monoisotopic (exact) mass is 301 g/mol. The molecule has 1 aromatic heterocycles. The minimum atomic E-state index is 0.324. The van der Waals surface area contributed by atoms with Crippen molar-refractivity contribution in [3.8, 4) is 5.75 Å². The largest absolute Gasteiger partial charge is 0.494 e. The quantitative estimate of drug-likeness (QED) is 0.811. The molecule has 1 unspecified atom stereocenters. The Morgan fingerprint density at radius 3 is 2.73 bits per heavy atom. The van der Waals surface area contributed by atoms with Gasteiger partial charge in [-0.25, -0.2) is 0 Å². The lowest BCUT2D eigenvalue weighted by atomic mass is 10.2. The summed E-state index contributed by atoms with van der Waals surface area (Å²) >= 11 is 0. The van der Waals surface area contributed by atoms with Gasteiger partial charge in [0.15, 0.2) is 5.82 Å². The molecule has 0 bridgehead atoms. The van der Waals surface area contributed by atoms with E-state index in [-0.39, 0.29) is 0 Å². The van der Waals surface area contributed by atoms with E-state index in [0.717, 1.165) is 30.8 Å². The zero-order valence-electron chi connectivity index (χ0n) is 13.4. The third kappa shape index (κ3) is 5.00. The van der Waals surface area contributed by atoms with Crippen LogP contribution in [-0.2, 0) is 6.42 Å². The Bertz CT molecular complexity index is 590. The summed E-state index contributed by atoms with van der Waals surface area (Å²) in [5, 5.41) is 7.12. The molecular formula is C17H23N3O2. The van der Waals surface area contributed by atoms with Gasteiger partial charge in [-0.05, 0) is 44.2 Å². The van der Waals surface area contributed by atoms with Gasteiger partial charge in [0.2, 0.25) is 0 Å². The highest BCUT2D eigenvalue weighted by Crippen LogP contribution is 2.14. The van der Waals surface area contributed by atoms with Gasteiger partial charge < -0.3 is 14.6 Å². The summed E-state index contributed by atoms with van der Waals surface area (Å²) in [6.45, 7) is 4.91. The van der Waals surface area contributed by atoms with Crippen molar-refractivity contribution in [1.82, 2.24) is 15.5 Å². The van der Waals surface area contributed by atoms with Crippen molar-refractivity contribution in [1.29, 1.82) is 0 Å². The van der Waals surface area contributed by atoms with Crippen molar-refractivity contribution in [3.05, 3.63) is 41.5 Å². The highest BCUT2D eigenvalue weighted by atomic mass is 16.5. The predicted molar refractivity (Wildman–Crippen MR) is 87.7 cm³/mol. The molecule has 0 aliphatic heterocycles. The molecule has 0 spiro atoms. The van der Waals surface area contributed by atoms with E-state index in [1.165, 1.54) is 0 Å². The molecule has 1 N–H and O–H groups in total. The molecule has 1 aromatic carbocycles. The van der Waals surface area contributed by atoms with Crippen molar-refractivity contribution in [2.75, 3.05) is 13.7 Å². The second-order valence-corrected chi connectivity index (χ2v) is 5.19. The number of benzene rings is 1. The van der Waals surface area contributed by atoms with Gasteiger partial charge in [0, 0.05) is 18.5 Å². The molecule has 0 aliphatic carbocycles. The molecule has 0 radical (unpaired) electrons. The Morgan fingerprint density at radius 1 is 1.27 bits per heavy atom. The third-order valence-electron chi connectivity index (χ3n) is 3.24. The molecule has 118 valence electrons. The maximum absolute atomic E-state index is 5.55. The highest BCUT2D eigenvalue weighted by Gasteiger charge is 2.07. The molecule has 5 nitrogen and oxygen atoms in total. The van der Waals surface area contributed by atoms with E-state index in [4.69, 9.17) is 9.26 Å². The maximum Gasteiger partial charge on any atom is 0.250 e. The molecular weight excluding hydrogens is 278 g/mol. The first kappa shape index (κ1) is 16.2. The van der Waals surface area contributed by atoms with E-state index in [1.807, 2.05) is 43.5 Å². The van der Waals surface area contributed by atoms with Crippen molar-refractivity contribution in [2.24, 2.45) is 0 Å². The summed E-state index contributed by atoms with van der Waals surface area (Å²) in [5.74, 6) is 2.12. The van der Waals surface area contributed by atoms with Gasteiger partial charge >= 0.3 is 0 Å². The van der Waals surface area contributed by atoms with E-state index in [0.29, 0.717) is 17.8 Å². The Kier molecular flexibility index (Phi) is 6.15. The van der Waals surface area contributed by atoms with E-state index < -0.39 is 0 Å². The smallest absolute Gasteiger partial charge is 0.250 e. The van der Waals surface area contributed by atoms with Gasteiger partial charge in [0.05, 0.1) is 6.61 Å². The Hall–Kier alpha value is -2.14. The summed E-state index contributed by atoms with van der Waals surface area (Å²) in [4.78, 5) is 4.34. The Balaban J connectivity index is 1.93. The number of aromatic nitrogens is 2. The third-order valence-corrected chi connectivity index (χ3v) is 3.24. The van der Waals surface area contributed by atoms with Crippen molar-refractivity contribution in [2.45, 2.75) is 32.7 Å². The number of nitrogens with zero attached hydrogens (tertiary/aromatic N) is 2. The summed E-state index contributed by atoms with van der Waals surface area (Å²) in [5.41, 5.74) is 1.06. The summed E-state index contributed by atoms with van der Waals surface area (Å²) in [6.07, 6.45) is 5.52. The predicted octanol–water partition coefficient (Wildman–Crippen LogP) is 3.18. The van der Waals surface area contributed by atoms with E-state index in [1.54, 1.807) is 0 Å². The van der Waals surface area contributed by atoms with Crippen LogP contribution in [0.1, 0.15) is 37.5 Å². The molecule has 0 amide bonds. The van der Waals surface area contributed by atoms with Crippen LogP contribution in [-0.4, -0.2) is 29.8 Å². The number of hydrogen-bond acceptors (Lipinski definition) is 5. The van der Waals surface area contributed by atoms with E-state index in [2.05, 4.69) is 29.3 Å². The van der Waals surface area contributed by atoms with Crippen LogP contribution < -0.4 is 10.1 Å². The number of hydrogen-bond donors (Lipinski definition) is 1. The number of ether oxygens (including phenoxy) is 1. The number of nitrogens with one attached hydrogen (secondary N) is 1. The van der Waals surface area contributed by atoms with Crippen molar-refractivity contribution < 1.29 is 9.26 Å². The average Bonchev–Trinajstić information content (AvgIpc) is 2.99. The highest BCUT2D eigenvalue weighted by molar-refractivity contribution is 5.66.